The molecule has 1 amide bonds. The van der Waals surface area contributed by atoms with E-state index in [0.717, 1.165) is 12.8 Å². The fourth-order valence-corrected chi connectivity index (χ4v) is 3.87. The van der Waals surface area contributed by atoms with Crippen LogP contribution in [0.1, 0.15) is 44.1 Å². The number of hydrogen-bond acceptors (Lipinski definition) is 5. The van der Waals surface area contributed by atoms with Crippen LogP contribution in [-0.4, -0.2) is 51.9 Å². The molecule has 2 aliphatic rings. The molecule has 7 nitrogen and oxygen atoms in total. The standard InChI is InChI=1S/C22H26F2N4O3/c1-14(21(30)27-19-7-6-17(12-25-19)31-16-3-2-4-16)28-10-9-22(23,24)18(13-28)15-5-8-20(29)26-11-15/h5-8,11-12,14,16,18H,2-4,9-10,13H2,1H3,(H,26,29)(H,25,27,30)/t14?,18-/m1/s1. The summed E-state index contributed by atoms with van der Waals surface area (Å²) in [6.07, 6.45) is 6.05. The van der Waals surface area contributed by atoms with Crippen LogP contribution in [0.3, 0.4) is 0 Å². The number of halogens is 2. The van der Waals surface area contributed by atoms with Crippen LogP contribution in [-0.2, 0) is 4.79 Å². The first-order chi connectivity index (χ1) is 14.8. The zero-order valence-electron chi connectivity index (χ0n) is 17.3. The molecular formula is C22H26F2N4O3. The van der Waals surface area contributed by atoms with E-state index in [2.05, 4.69) is 15.3 Å². The number of rotatable bonds is 6. The van der Waals surface area contributed by atoms with Crippen molar-refractivity contribution >= 4 is 11.7 Å². The molecule has 4 rings (SSSR count). The molecule has 1 saturated carbocycles. The Bertz CT molecular complexity index is 955. The average Bonchev–Trinajstić information content (AvgIpc) is 2.72. The van der Waals surface area contributed by atoms with Crippen LogP contribution in [0.5, 0.6) is 5.75 Å². The minimum absolute atomic E-state index is 0.00915. The summed E-state index contributed by atoms with van der Waals surface area (Å²) in [5, 5.41) is 2.75. The van der Waals surface area contributed by atoms with E-state index in [9.17, 15) is 18.4 Å². The molecule has 31 heavy (non-hydrogen) atoms. The SMILES string of the molecule is CC(C(=O)Nc1ccc(OC2CCC2)cn1)N1CCC(F)(F)[C@@H](c2ccc(=O)[nH]c2)C1. The average molecular weight is 432 g/mol. The topological polar surface area (TPSA) is 87.3 Å². The lowest BCUT2D eigenvalue weighted by molar-refractivity contribution is -0.125. The van der Waals surface area contributed by atoms with Crippen molar-refractivity contribution < 1.29 is 18.3 Å². The third-order valence-electron chi connectivity index (χ3n) is 6.14. The smallest absolute Gasteiger partial charge is 0.257 e. The van der Waals surface area contributed by atoms with E-state index in [4.69, 9.17) is 4.74 Å². The van der Waals surface area contributed by atoms with Gasteiger partial charge in [-0.05, 0) is 43.9 Å². The monoisotopic (exact) mass is 432 g/mol. The summed E-state index contributed by atoms with van der Waals surface area (Å²) in [5.41, 5.74) is 0.00899. The quantitative estimate of drug-likeness (QED) is 0.732. The molecule has 1 saturated heterocycles. The number of pyridine rings is 2. The van der Waals surface area contributed by atoms with E-state index in [1.54, 1.807) is 30.2 Å². The van der Waals surface area contributed by atoms with Gasteiger partial charge < -0.3 is 15.0 Å². The first-order valence-electron chi connectivity index (χ1n) is 10.6. The molecule has 1 unspecified atom stereocenters. The molecule has 1 aliphatic heterocycles. The number of alkyl halides is 2. The molecule has 2 fully saturated rings. The summed E-state index contributed by atoms with van der Waals surface area (Å²) in [7, 11) is 0. The first-order valence-corrected chi connectivity index (χ1v) is 10.6. The number of piperidine rings is 1. The van der Waals surface area contributed by atoms with Crippen molar-refractivity contribution in [2.45, 2.75) is 56.6 Å². The minimum atomic E-state index is -2.91. The van der Waals surface area contributed by atoms with Gasteiger partial charge in [0.1, 0.15) is 11.6 Å². The molecular weight excluding hydrogens is 406 g/mol. The van der Waals surface area contributed by atoms with Crippen molar-refractivity contribution in [2.75, 3.05) is 18.4 Å². The Labute approximate surface area is 178 Å². The van der Waals surface area contributed by atoms with Gasteiger partial charge in [0.2, 0.25) is 11.5 Å². The highest BCUT2D eigenvalue weighted by atomic mass is 19.3. The second-order valence-corrected chi connectivity index (χ2v) is 8.26. The number of aromatic amines is 1. The van der Waals surface area contributed by atoms with Crippen molar-refractivity contribution in [1.82, 2.24) is 14.9 Å². The van der Waals surface area contributed by atoms with Crippen LogP contribution in [0.4, 0.5) is 14.6 Å². The number of nitrogens with one attached hydrogen (secondary N) is 2. The predicted octanol–water partition coefficient (Wildman–Crippen LogP) is 3.15. The Hall–Kier alpha value is -2.81. The van der Waals surface area contributed by atoms with Gasteiger partial charge in [0.25, 0.3) is 5.92 Å². The maximum absolute atomic E-state index is 14.6. The van der Waals surface area contributed by atoms with Gasteiger partial charge in [-0.2, -0.15) is 0 Å². The normalized spacial score (nSPS) is 22.4. The Balaban J connectivity index is 1.38. The molecule has 2 aromatic heterocycles. The molecule has 2 N–H and O–H groups in total. The van der Waals surface area contributed by atoms with E-state index in [-0.39, 0.29) is 37.1 Å². The van der Waals surface area contributed by atoms with E-state index in [1.165, 1.54) is 24.8 Å². The molecule has 0 spiro atoms. The van der Waals surface area contributed by atoms with Crippen molar-refractivity contribution in [3.63, 3.8) is 0 Å². The molecule has 2 aromatic rings. The van der Waals surface area contributed by atoms with Gasteiger partial charge in [0, 0.05) is 31.8 Å². The molecule has 0 radical (unpaired) electrons. The molecule has 9 heteroatoms. The number of H-pyrrole nitrogens is 1. The van der Waals surface area contributed by atoms with E-state index < -0.39 is 17.9 Å². The van der Waals surface area contributed by atoms with Crippen LogP contribution in [0.15, 0.2) is 41.5 Å². The number of aromatic nitrogens is 2. The Morgan fingerprint density at radius 1 is 1.32 bits per heavy atom. The van der Waals surface area contributed by atoms with Crippen LogP contribution in [0.2, 0.25) is 0 Å². The van der Waals surface area contributed by atoms with E-state index in [0.29, 0.717) is 17.1 Å². The number of nitrogens with zero attached hydrogens (tertiary/aromatic N) is 2. The minimum Gasteiger partial charge on any atom is -0.489 e. The summed E-state index contributed by atoms with van der Waals surface area (Å²) in [6, 6.07) is 5.48. The Morgan fingerprint density at radius 3 is 2.74 bits per heavy atom. The number of likely N-dealkylation sites (tertiary alicyclic amines) is 1. The lowest BCUT2D eigenvalue weighted by atomic mass is 9.87. The summed E-state index contributed by atoms with van der Waals surface area (Å²) >= 11 is 0. The van der Waals surface area contributed by atoms with Gasteiger partial charge in [-0.3, -0.25) is 14.5 Å². The third-order valence-corrected chi connectivity index (χ3v) is 6.14. The summed E-state index contributed by atoms with van der Waals surface area (Å²) < 4.78 is 34.9. The number of carbonyl (C=O) groups excluding carboxylic acids is 1. The number of hydrogen-bond donors (Lipinski definition) is 2. The molecule has 2 atom stereocenters. The number of ether oxygens (including phenoxy) is 1. The molecule has 0 bridgehead atoms. The lowest BCUT2D eigenvalue weighted by Crippen LogP contribution is -2.52. The number of anilines is 1. The Morgan fingerprint density at radius 2 is 2.13 bits per heavy atom. The molecule has 1 aliphatic carbocycles. The first kappa shape index (κ1) is 21.4. The predicted molar refractivity (Wildman–Crippen MR) is 112 cm³/mol. The van der Waals surface area contributed by atoms with Crippen LogP contribution in [0, 0.1) is 0 Å². The van der Waals surface area contributed by atoms with Crippen molar-refractivity contribution in [3.8, 4) is 5.75 Å². The van der Waals surface area contributed by atoms with Crippen LogP contribution >= 0.6 is 0 Å². The van der Waals surface area contributed by atoms with E-state index in [1.807, 2.05) is 0 Å². The summed E-state index contributed by atoms with van der Waals surface area (Å²) in [6.45, 7) is 1.80. The van der Waals surface area contributed by atoms with Gasteiger partial charge in [-0.1, -0.05) is 6.07 Å². The van der Waals surface area contributed by atoms with Crippen molar-refractivity contribution in [2.24, 2.45) is 0 Å². The van der Waals surface area contributed by atoms with Gasteiger partial charge in [0.15, 0.2) is 0 Å². The highest BCUT2D eigenvalue weighted by Gasteiger charge is 2.46. The van der Waals surface area contributed by atoms with Crippen molar-refractivity contribution in [1.29, 1.82) is 0 Å². The van der Waals surface area contributed by atoms with E-state index >= 15 is 0 Å². The second kappa shape index (κ2) is 8.74. The van der Waals surface area contributed by atoms with Gasteiger partial charge in [-0.15, -0.1) is 0 Å². The lowest BCUT2D eigenvalue weighted by Gasteiger charge is -2.40. The van der Waals surface area contributed by atoms with Crippen LogP contribution < -0.4 is 15.6 Å². The summed E-state index contributed by atoms with van der Waals surface area (Å²) in [4.78, 5) is 32.4. The maximum atomic E-state index is 14.6. The number of carbonyl (C=O) groups is 1. The fraction of sp³-hybridized carbons (Fsp3) is 0.500. The van der Waals surface area contributed by atoms with Crippen LogP contribution in [0.25, 0.3) is 0 Å². The zero-order valence-corrected chi connectivity index (χ0v) is 17.3. The third kappa shape index (κ3) is 4.92. The van der Waals surface area contributed by atoms with Gasteiger partial charge in [-0.25, -0.2) is 13.8 Å². The summed E-state index contributed by atoms with van der Waals surface area (Å²) in [5.74, 6) is -3.28. The zero-order chi connectivity index (χ0) is 22.0. The second-order valence-electron chi connectivity index (χ2n) is 8.26. The maximum Gasteiger partial charge on any atom is 0.257 e. The largest absolute Gasteiger partial charge is 0.489 e. The molecule has 0 aromatic carbocycles. The highest BCUT2D eigenvalue weighted by molar-refractivity contribution is 5.93. The van der Waals surface area contributed by atoms with Gasteiger partial charge in [0.05, 0.1) is 24.3 Å². The highest BCUT2D eigenvalue weighted by Crippen LogP contribution is 2.40. The number of amides is 1. The fourth-order valence-electron chi connectivity index (χ4n) is 3.87. The van der Waals surface area contributed by atoms with Crippen molar-refractivity contribution in [3.05, 3.63) is 52.6 Å². The molecule has 3 heterocycles. The Kier molecular flexibility index (Phi) is 6.04. The van der Waals surface area contributed by atoms with Gasteiger partial charge >= 0.3 is 0 Å². The molecule has 166 valence electrons.